The average molecular weight is 258 g/mol. The number of hydrogen-bond donors (Lipinski definition) is 1. The second-order valence-electron chi connectivity index (χ2n) is 3.82. The molecule has 1 aromatic carbocycles. The van der Waals surface area contributed by atoms with Crippen LogP contribution in [0.2, 0.25) is 0 Å². The fourth-order valence-electron chi connectivity index (χ4n) is 1.66. The zero-order chi connectivity index (χ0) is 13.2. The molecule has 0 radical (unpaired) electrons. The van der Waals surface area contributed by atoms with Gasteiger partial charge in [-0.25, -0.2) is 0 Å². The molecule has 6 heteroatoms. The molecule has 0 aliphatic rings. The van der Waals surface area contributed by atoms with E-state index in [1.54, 1.807) is 25.3 Å². The summed E-state index contributed by atoms with van der Waals surface area (Å²) in [5, 5.41) is 13.7. The van der Waals surface area contributed by atoms with Gasteiger partial charge >= 0.3 is 0 Å². The maximum absolute atomic E-state index is 9.82. The molecular formula is C13H10N2O4. The predicted octanol–water partition coefficient (Wildman–Crippen LogP) is 2.71. The fraction of sp³-hybridized carbons (Fsp3) is 0.0769. The van der Waals surface area contributed by atoms with E-state index in [1.807, 2.05) is 0 Å². The lowest BCUT2D eigenvalue weighted by Crippen LogP contribution is -1.85. The SMILES string of the molecule is COc1ccc(O)c(-c2nc(-c3ccoc3)no2)c1. The van der Waals surface area contributed by atoms with E-state index in [0.717, 1.165) is 0 Å². The Labute approximate surface area is 108 Å². The van der Waals surface area contributed by atoms with Crippen molar-refractivity contribution in [2.45, 2.75) is 0 Å². The number of benzene rings is 1. The Bertz CT molecular complexity index is 688. The van der Waals surface area contributed by atoms with Gasteiger partial charge in [0.2, 0.25) is 5.82 Å². The molecule has 0 saturated heterocycles. The summed E-state index contributed by atoms with van der Waals surface area (Å²) in [6.07, 6.45) is 3.04. The van der Waals surface area contributed by atoms with Crippen LogP contribution in [-0.2, 0) is 0 Å². The first-order chi connectivity index (χ1) is 9.28. The lowest BCUT2D eigenvalue weighted by molar-refractivity contribution is 0.408. The van der Waals surface area contributed by atoms with Crippen molar-refractivity contribution >= 4 is 0 Å². The number of phenols is 1. The molecule has 0 aliphatic carbocycles. The smallest absolute Gasteiger partial charge is 0.262 e. The lowest BCUT2D eigenvalue weighted by Gasteiger charge is -2.02. The molecule has 0 fully saturated rings. The Morgan fingerprint density at radius 3 is 2.89 bits per heavy atom. The lowest BCUT2D eigenvalue weighted by atomic mass is 10.2. The monoisotopic (exact) mass is 258 g/mol. The highest BCUT2D eigenvalue weighted by Crippen LogP contribution is 2.32. The van der Waals surface area contributed by atoms with Gasteiger partial charge in [-0.15, -0.1) is 0 Å². The van der Waals surface area contributed by atoms with E-state index in [4.69, 9.17) is 13.7 Å². The molecule has 19 heavy (non-hydrogen) atoms. The van der Waals surface area contributed by atoms with Crippen molar-refractivity contribution in [3.8, 4) is 34.3 Å². The zero-order valence-electron chi connectivity index (χ0n) is 10.0. The van der Waals surface area contributed by atoms with Gasteiger partial charge in [0.05, 0.1) is 24.5 Å². The van der Waals surface area contributed by atoms with E-state index in [1.165, 1.54) is 18.6 Å². The molecule has 2 heterocycles. The summed E-state index contributed by atoms with van der Waals surface area (Å²) in [5.41, 5.74) is 1.12. The quantitative estimate of drug-likeness (QED) is 0.777. The van der Waals surface area contributed by atoms with E-state index in [0.29, 0.717) is 22.7 Å². The van der Waals surface area contributed by atoms with Crippen LogP contribution in [0.4, 0.5) is 0 Å². The number of furan rings is 1. The summed E-state index contributed by atoms with van der Waals surface area (Å²) >= 11 is 0. The van der Waals surface area contributed by atoms with Crippen molar-refractivity contribution in [3.63, 3.8) is 0 Å². The molecular weight excluding hydrogens is 248 g/mol. The molecule has 0 bridgehead atoms. The average Bonchev–Trinajstić information content (AvgIpc) is 3.10. The van der Waals surface area contributed by atoms with Crippen LogP contribution in [0.5, 0.6) is 11.5 Å². The Kier molecular flexibility index (Phi) is 2.68. The number of hydrogen-bond acceptors (Lipinski definition) is 6. The van der Waals surface area contributed by atoms with Crippen molar-refractivity contribution in [1.82, 2.24) is 10.1 Å². The number of ether oxygens (including phenoxy) is 1. The van der Waals surface area contributed by atoms with Crippen LogP contribution < -0.4 is 4.74 Å². The highest BCUT2D eigenvalue weighted by atomic mass is 16.5. The summed E-state index contributed by atoms with van der Waals surface area (Å²) in [6, 6.07) is 6.50. The number of aromatic hydroxyl groups is 1. The standard InChI is InChI=1S/C13H10N2O4/c1-17-9-2-3-11(16)10(6-9)13-14-12(15-19-13)8-4-5-18-7-8/h2-7,16H,1H3. The van der Waals surface area contributed by atoms with Gasteiger partial charge in [-0.3, -0.25) is 0 Å². The van der Waals surface area contributed by atoms with Crippen molar-refractivity contribution in [2.75, 3.05) is 7.11 Å². The van der Waals surface area contributed by atoms with Gasteiger partial charge in [0, 0.05) is 0 Å². The molecule has 2 aromatic heterocycles. The Balaban J connectivity index is 2.03. The fourth-order valence-corrected chi connectivity index (χ4v) is 1.66. The largest absolute Gasteiger partial charge is 0.507 e. The predicted molar refractivity (Wildman–Crippen MR) is 65.7 cm³/mol. The van der Waals surface area contributed by atoms with Crippen LogP contribution in [0, 0.1) is 0 Å². The van der Waals surface area contributed by atoms with Gasteiger partial charge in [0.15, 0.2) is 0 Å². The molecule has 0 spiro atoms. The van der Waals surface area contributed by atoms with Gasteiger partial charge in [-0.2, -0.15) is 4.98 Å². The molecule has 6 nitrogen and oxygen atoms in total. The van der Waals surface area contributed by atoms with Crippen LogP contribution in [-0.4, -0.2) is 22.4 Å². The van der Waals surface area contributed by atoms with E-state index in [-0.39, 0.29) is 11.6 Å². The number of rotatable bonds is 3. The minimum atomic E-state index is 0.0446. The second-order valence-corrected chi connectivity index (χ2v) is 3.82. The molecule has 3 rings (SSSR count). The minimum absolute atomic E-state index is 0.0446. The molecule has 96 valence electrons. The third kappa shape index (κ3) is 2.03. The van der Waals surface area contributed by atoms with Crippen LogP contribution in [0.1, 0.15) is 0 Å². The topological polar surface area (TPSA) is 81.5 Å². The van der Waals surface area contributed by atoms with Gasteiger partial charge in [0.25, 0.3) is 5.89 Å². The first-order valence-corrected chi connectivity index (χ1v) is 5.51. The first-order valence-electron chi connectivity index (χ1n) is 5.51. The Morgan fingerprint density at radius 2 is 2.16 bits per heavy atom. The van der Waals surface area contributed by atoms with E-state index >= 15 is 0 Å². The normalized spacial score (nSPS) is 10.6. The molecule has 0 atom stereocenters. The van der Waals surface area contributed by atoms with E-state index < -0.39 is 0 Å². The molecule has 0 aliphatic heterocycles. The minimum Gasteiger partial charge on any atom is -0.507 e. The number of aromatic nitrogens is 2. The Hall–Kier alpha value is -2.76. The first kappa shape index (κ1) is 11.3. The molecule has 3 aromatic rings. The Morgan fingerprint density at radius 1 is 1.26 bits per heavy atom. The highest BCUT2D eigenvalue weighted by molar-refractivity contribution is 5.66. The molecule has 0 saturated carbocycles. The zero-order valence-corrected chi connectivity index (χ0v) is 10.0. The van der Waals surface area contributed by atoms with E-state index in [9.17, 15) is 5.11 Å². The van der Waals surface area contributed by atoms with Crippen molar-refractivity contribution in [1.29, 1.82) is 0 Å². The highest BCUT2D eigenvalue weighted by Gasteiger charge is 2.15. The van der Waals surface area contributed by atoms with E-state index in [2.05, 4.69) is 10.1 Å². The van der Waals surface area contributed by atoms with Gasteiger partial charge < -0.3 is 18.8 Å². The van der Waals surface area contributed by atoms with Crippen molar-refractivity contribution < 1.29 is 18.8 Å². The maximum Gasteiger partial charge on any atom is 0.262 e. The molecule has 1 N–H and O–H groups in total. The van der Waals surface area contributed by atoms with Crippen molar-refractivity contribution in [2.24, 2.45) is 0 Å². The van der Waals surface area contributed by atoms with Gasteiger partial charge in [-0.1, -0.05) is 5.16 Å². The number of nitrogens with zero attached hydrogens (tertiary/aromatic N) is 2. The van der Waals surface area contributed by atoms with Gasteiger partial charge in [-0.05, 0) is 24.3 Å². The molecule has 0 unspecified atom stereocenters. The maximum atomic E-state index is 9.82. The summed E-state index contributed by atoms with van der Waals surface area (Å²) in [7, 11) is 1.54. The van der Waals surface area contributed by atoms with Crippen LogP contribution in [0.3, 0.4) is 0 Å². The van der Waals surface area contributed by atoms with Crippen molar-refractivity contribution in [3.05, 3.63) is 36.8 Å². The third-order valence-electron chi connectivity index (χ3n) is 2.64. The van der Waals surface area contributed by atoms with Crippen LogP contribution >= 0.6 is 0 Å². The summed E-state index contributed by atoms with van der Waals surface area (Å²) in [5.74, 6) is 1.25. The summed E-state index contributed by atoms with van der Waals surface area (Å²) in [6.45, 7) is 0. The van der Waals surface area contributed by atoms with Crippen LogP contribution in [0.25, 0.3) is 22.8 Å². The third-order valence-corrected chi connectivity index (χ3v) is 2.64. The number of methoxy groups -OCH3 is 1. The van der Waals surface area contributed by atoms with Gasteiger partial charge in [0.1, 0.15) is 17.8 Å². The summed E-state index contributed by atoms with van der Waals surface area (Å²) in [4.78, 5) is 4.21. The number of phenolic OH excluding ortho intramolecular Hbond substituents is 1. The second kappa shape index (κ2) is 4.49. The van der Waals surface area contributed by atoms with Crippen LogP contribution in [0.15, 0.2) is 45.7 Å². The molecule has 0 amide bonds. The summed E-state index contributed by atoms with van der Waals surface area (Å²) < 4.78 is 15.2.